The maximum Gasteiger partial charge on any atom is 0.251 e. The van der Waals surface area contributed by atoms with Crippen LogP contribution in [-0.2, 0) is 0 Å². The molecule has 0 fully saturated rings. The highest BCUT2D eigenvalue weighted by Gasteiger charge is 2.06. The molecule has 1 aromatic carbocycles. The van der Waals surface area contributed by atoms with Crippen LogP contribution in [0.3, 0.4) is 0 Å². The highest BCUT2D eigenvalue weighted by molar-refractivity contribution is 5.94. The second kappa shape index (κ2) is 7.88. The summed E-state index contributed by atoms with van der Waals surface area (Å²) in [5, 5.41) is 2.98. The third kappa shape index (κ3) is 4.88. The van der Waals surface area contributed by atoms with E-state index in [-0.39, 0.29) is 5.91 Å². The first kappa shape index (κ1) is 14.7. The molecule has 0 saturated heterocycles. The van der Waals surface area contributed by atoms with Gasteiger partial charge in [-0.2, -0.15) is 0 Å². The molecule has 0 aliphatic rings. The molecule has 0 unspecified atom stereocenters. The van der Waals surface area contributed by atoms with Crippen LogP contribution in [0.2, 0.25) is 0 Å². The molecule has 0 heterocycles. The van der Waals surface area contributed by atoms with Gasteiger partial charge < -0.3 is 10.2 Å². The first-order valence-electron chi connectivity index (χ1n) is 6.85. The van der Waals surface area contributed by atoms with Gasteiger partial charge in [-0.1, -0.05) is 17.7 Å². The van der Waals surface area contributed by atoms with Crippen molar-refractivity contribution in [2.24, 2.45) is 0 Å². The third-order valence-electron chi connectivity index (χ3n) is 3.27. The molecule has 0 bridgehead atoms. The topological polar surface area (TPSA) is 33.5 Å². The van der Waals surface area contributed by atoms with Crippen molar-refractivity contribution in [2.75, 3.05) is 26.2 Å². The smallest absolute Gasteiger partial charge is 0.251 e. The minimum atomic E-state index is 0.0354. The number of quaternary nitrogens is 1. The van der Waals surface area contributed by atoms with Gasteiger partial charge >= 0.3 is 0 Å². The molecule has 0 saturated carbocycles. The highest BCUT2D eigenvalue weighted by Crippen LogP contribution is 2.03. The van der Waals surface area contributed by atoms with E-state index in [0.717, 1.165) is 43.7 Å². The lowest BCUT2D eigenvalue weighted by molar-refractivity contribution is -0.896. The number of benzene rings is 1. The monoisotopic (exact) mass is 249 g/mol. The van der Waals surface area contributed by atoms with E-state index in [0.29, 0.717) is 0 Å². The second-order valence-corrected chi connectivity index (χ2v) is 4.69. The van der Waals surface area contributed by atoms with Gasteiger partial charge in [-0.25, -0.2) is 0 Å². The van der Waals surface area contributed by atoms with E-state index in [1.165, 1.54) is 0 Å². The maximum atomic E-state index is 11.9. The van der Waals surface area contributed by atoms with Gasteiger partial charge in [0.2, 0.25) is 0 Å². The molecule has 18 heavy (non-hydrogen) atoms. The van der Waals surface area contributed by atoms with E-state index in [4.69, 9.17) is 0 Å². The minimum absolute atomic E-state index is 0.0354. The maximum absolute atomic E-state index is 11.9. The number of hydrogen-bond acceptors (Lipinski definition) is 1. The first-order chi connectivity index (χ1) is 8.67. The van der Waals surface area contributed by atoms with Crippen molar-refractivity contribution in [1.29, 1.82) is 0 Å². The lowest BCUT2D eigenvalue weighted by atomic mass is 10.1. The Balaban J connectivity index is 2.29. The van der Waals surface area contributed by atoms with E-state index in [2.05, 4.69) is 19.2 Å². The van der Waals surface area contributed by atoms with Crippen molar-refractivity contribution < 1.29 is 9.69 Å². The summed E-state index contributed by atoms with van der Waals surface area (Å²) in [6, 6.07) is 7.70. The molecule has 1 amide bonds. The number of aryl methyl sites for hydroxylation is 1. The Kier molecular flexibility index (Phi) is 6.44. The highest BCUT2D eigenvalue weighted by atomic mass is 16.1. The largest absolute Gasteiger partial charge is 0.352 e. The summed E-state index contributed by atoms with van der Waals surface area (Å²) in [4.78, 5) is 13.4. The molecule has 3 heteroatoms. The van der Waals surface area contributed by atoms with Crippen molar-refractivity contribution in [3.05, 3.63) is 35.4 Å². The number of carbonyl (C=O) groups excluding carboxylic acids is 1. The van der Waals surface area contributed by atoms with E-state index in [9.17, 15) is 4.79 Å². The summed E-state index contributed by atoms with van der Waals surface area (Å²) < 4.78 is 0. The van der Waals surface area contributed by atoms with Crippen molar-refractivity contribution in [1.82, 2.24) is 5.32 Å². The zero-order valence-electron chi connectivity index (χ0n) is 11.8. The Morgan fingerprint density at radius 1 is 1.28 bits per heavy atom. The summed E-state index contributed by atoms with van der Waals surface area (Å²) in [7, 11) is 0. The standard InChI is InChI=1S/C15H24N2O/c1-4-17(5-2)11-7-10-16-15(18)14-9-6-8-13(3)12-14/h6,8-9,12H,4-5,7,10-11H2,1-3H3,(H,16,18)/p+1. The van der Waals surface area contributed by atoms with Crippen LogP contribution in [-0.4, -0.2) is 32.1 Å². The van der Waals surface area contributed by atoms with Crippen LogP contribution in [0.5, 0.6) is 0 Å². The van der Waals surface area contributed by atoms with Gasteiger partial charge in [-0.15, -0.1) is 0 Å². The van der Waals surface area contributed by atoms with E-state index in [1.54, 1.807) is 4.90 Å². The Hall–Kier alpha value is -1.35. The predicted molar refractivity (Wildman–Crippen MR) is 75.0 cm³/mol. The lowest BCUT2D eigenvalue weighted by Crippen LogP contribution is -3.11. The zero-order chi connectivity index (χ0) is 13.4. The Morgan fingerprint density at radius 2 is 2.00 bits per heavy atom. The summed E-state index contributed by atoms with van der Waals surface area (Å²) in [5.74, 6) is 0.0354. The van der Waals surface area contributed by atoms with Gasteiger partial charge in [0.1, 0.15) is 0 Å². The molecule has 1 rings (SSSR count). The van der Waals surface area contributed by atoms with E-state index < -0.39 is 0 Å². The molecule has 0 radical (unpaired) electrons. The summed E-state index contributed by atoms with van der Waals surface area (Å²) in [6.45, 7) is 10.6. The fourth-order valence-corrected chi connectivity index (χ4v) is 2.03. The fourth-order valence-electron chi connectivity index (χ4n) is 2.03. The van der Waals surface area contributed by atoms with Crippen molar-refractivity contribution in [3.8, 4) is 0 Å². The molecular weight excluding hydrogens is 224 g/mol. The SMILES string of the molecule is CC[NH+](CC)CCCNC(=O)c1cccc(C)c1. The summed E-state index contributed by atoms with van der Waals surface area (Å²) >= 11 is 0. The fraction of sp³-hybridized carbons (Fsp3) is 0.533. The Morgan fingerprint density at radius 3 is 2.61 bits per heavy atom. The average Bonchev–Trinajstić information content (AvgIpc) is 2.38. The van der Waals surface area contributed by atoms with Crippen LogP contribution in [0.15, 0.2) is 24.3 Å². The van der Waals surface area contributed by atoms with Crippen molar-refractivity contribution in [2.45, 2.75) is 27.2 Å². The zero-order valence-corrected chi connectivity index (χ0v) is 11.8. The number of carbonyl (C=O) groups is 1. The molecule has 100 valence electrons. The molecule has 0 aromatic heterocycles. The van der Waals surface area contributed by atoms with Crippen LogP contribution in [0.4, 0.5) is 0 Å². The predicted octanol–water partition coefficient (Wildman–Crippen LogP) is 1.04. The molecule has 0 aliphatic carbocycles. The van der Waals surface area contributed by atoms with Gasteiger partial charge in [0.05, 0.1) is 19.6 Å². The average molecular weight is 249 g/mol. The van der Waals surface area contributed by atoms with Gasteiger partial charge in [0, 0.05) is 18.5 Å². The van der Waals surface area contributed by atoms with Gasteiger partial charge in [0.15, 0.2) is 0 Å². The molecular formula is C15H25N2O+. The Labute approximate surface area is 110 Å². The van der Waals surface area contributed by atoms with Crippen LogP contribution in [0, 0.1) is 6.92 Å². The van der Waals surface area contributed by atoms with Gasteiger partial charge in [-0.3, -0.25) is 4.79 Å². The second-order valence-electron chi connectivity index (χ2n) is 4.69. The quantitative estimate of drug-likeness (QED) is 0.696. The normalized spacial score (nSPS) is 10.7. The minimum Gasteiger partial charge on any atom is -0.352 e. The molecule has 0 spiro atoms. The number of amides is 1. The van der Waals surface area contributed by atoms with Crippen molar-refractivity contribution >= 4 is 5.91 Å². The Bertz CT molecular complexity index is 373. The van der Waals surface area contributed by atoms with Crippen LogP contribution in [0.1, 0.15) is 36.2 Å². The number of rotatable bonds is 7. The molecule has 2 N–H and O–H groups in total. The lowest BCUT2D eigenvalue weighted by Gasteiger charge is -2.15. The van der Waals surface area contributed by atoms with Gasteiger partial charge in [-0.05, 0) is 32.9 Å². The summed E-state index contributed by atoms with van der Waals surface area (Å²) in [6.07, 6.45) is 1.04. The van der Waals surface area contributed by atoms with E-state index in [1.807, 2.05) is 31.2 Å². The molecule has 1 aromatic rings. The van der Waals surface area contributed by atoms with Gasteiger partial charge in [0.25, 0.3) is 5.91 Å². The molecule has 0 aliphatic heterocycles. The summed E-state index contributed by atoms with van der Waals surface area (Å²) in [5.41, 5.74) is 1.88. The van der Waals surface area contributed by atoms with Crippen LogP contribution in [0.25, 0.3) is 0 Å². The van der Waals surface area contributed by atoms with E-state index >= 15 is 0 Å². The first-order valence-corrected chi connectivity index (χ1v) is 6.85. The van der Waals surface area contributed by atoms with Crippen LogP contribution < -0.4 is 10.2 Å². The van der Waals surface area contributed by atoms with Crippen LogP contribution >= 0.6 is 0 Å². The number of hydrogen-bond donors (Lipinski definition) is 2. The number of nitrogens with one attached hydrogen (secondary N) is 2. The van der Waals surface area contributed by atoms with Crippen molar-refractivity contribution in [3.63, 3.8) is 0 Å². The third-order valence-corrected chi connectivity index (χ3v) is 3.27. The molecule has 3 nitrogen and oxygen atoms in total. The molecule has 0 atom stereocenters.